The van der Waals surface area contributed by atoms with Crippen molar-refractivity contribution >= 4 is 0 Å². The molecule has 2 aliphatic heterocycles. The van der Waals surface area contributed by atoms with E-state index in [0.717, 1.165) is 12.0 Å². The minimum Gasteiger partial charge on any atom is -0.300 e. The van der Waals surface area contributed by atoms with Crippen LogP contribution >= 0.6 is 0 Å². The highest BCUT2D eigenvalue weighted by Crippen LogP contribution is 2.32. The van der Waals surface area contributed by atoms with Crippen molar-refractivity contribution in [2.24, 2.45) is 5.92 Å². The lowest BCUT2D eigenvalue weighted by Gasteiger charge is -2.42. The Kier molecular flexibility index (Phi) is 3.69. The van der Waals surface area contributed by atoms with Gasteiger partial charge in [-0.2, -0.15) is 0 Å². The molecule has 1 aliphatic carbocycles. The number of rotatable bonds is 3. The zero-order chi connectivity index (χ0) is 12.4. The molecule has 1 saturated heterocycles. The van der Waals surface area contributed by atoms with Crippen LogP contribution in [0.4, 0.5) is 0 Å². The average Bonchev–Trinajstić information content (AvgIpc) is 2.36. The van der Waals surface area contributed by atoms with Crippen LogP contribution in [0.25, 0.3) is 0 Å². The Morgan fingerprint density at radius 1 is 1.11 bits per heavy atom. The van der Waals surface area contributed by atoms with Crippen LogP contribution in [0.2, 0.25) is 0 Å². The molecule has 1 nitrogen and oxygen atoms in total. The number of piperidine rings is 1. The molecule has 2 heterocycles. The Morgan fingerprint density at radius 2 is 1.89 bits per heavy atom. The highest BCUT2D eigenvalue weighted by Gasteiger charge is 2.31. The van der Waals surface area contributed by atoms with E-state index in [1.54, 1.807) is 11.1 Å². The fourth-order valence-corrected chi connectivity index (χ4v) is 3.74. The minimum atomic E-state index is 0.814. The van der Waals surface area contributed by atoms with Crippen LogP contribution in [0, 0.1) is 5.92 Å². The summed E-state index contributed by atoms with van der Waals surface area (Å²) < 4.78 is 0. The van der Waals surface area contributed by atoms with E-state index in [2.05, 4.69) is 36.1 Å². The highest BCUT2D eigenvalue weighted by atomic mass is 15.2. The summed E-state index contributed by atoms with van der Waals surface area (Å²) in [5, 5.41) is 0. The van der Waals surface area contributed by atoms with Crippen LogP contribution in [-0.4, -0.2) is 24.0 Å². The SMILES string of the molecule is CCCCN1C[C@H]2CC[C@@H]1Cc1ccccc1C2. The van der Waals surface area contributed by atoms with Gasteiger partial charge in [-0.3, -0.25) is 4.90 Å². The second-order valence-electron chi connectivity index (χ2n) is 6.12. The van der Waals surface area contributed by atoms with E-state index in [4.69, 9.17) is 0 Å². The Hall–Kier alpha value is -0.820. The minimum absolute atomic E-state index is 0.814. The van der Waals surface area contributed by atoms with Crippen molar-refractivity contribution in [3.8, 4) is 0 Å². The molecule has 98 valence electrons. The maximum absolute atomic E-state index is 2.79. The molecule has 2 bridgehead atoms. The lowest BCUT2D eigenvalue weighted by molar-refractivity contribution is 0.0996. The first-order chi connectivity index (χ1) is 8.86. The van der Waals surface area contributed by atoms with E-state index in [1.165, 1.54) is 51.6 Å². The van der Waals surface area contributed by atoms with Gasteiger partial charge in [0.1, 0.15) is 0 Å². The molecular weight excluding hydrogens is 218 g/mol. The van der Waals surface area contributed by atoms with Gasteiger partial charge >= 0.3 is 0 Å². The predicted octanol–water partition coefficient (Wildman–Crippen LogP) is 3.67. The number of unbranched alkanes of at least 4 members (excludes halogenated alkanes) is 1. The Labute approximate surface area is 111 Å². The lowest BCUT2D eigenvalue weighted by Crippen LogP contribution is -2.46. The van der Waals surface area contributed by atoms with Crippen molar-refractivity contribution in [2.45, 2.75) is 51.5 Å². The summed E-state index contributed by atoms with van der Waals surface area (Å²) in [6.07, 6.45) is 8.15. The van der Waals surface area contributed by atoms with Crippen LogP contribution in [-0.2, 0) is 12.8 Å². The van der Waals surface area contributed by atoms with E-state index in [9.17, 15) is 0 Å². The third-order valence-electron chi connectivity index (χ3n) is 4.80. The van der Waals surface area contributed by atoms with Gasteiger partial charge in [-0.25, -0.2) is 0 Å². The van der Waals surface area contributed by atoms with Gasteiger partial charge in [0.2, 0.25) is 0 Å². The molecule has 4 rings (SSSR count). The van der Waals surface area contributed by atoms with E-state index >= 15 is 0 Å². The van der Waals surface area contributed by atoms with Gasteiger partial charge < -0.3 is 0 Å². The van der Waals surface area contributed by atoms with Gasteiger partial charge in [-0.05, 0) is 55.7 Å². The number of hydrogen-bond acceptors (Lipinski definition) is 1. The molecule has 0 spiro atoms. The van der Waals surface area contributed by atoms with Crippen LogP contribution in [0.1, 0.15) is 43.7 Å². The van der Waals surface area contributed by atoms with Crippen LogP contribution in [0.5, 0.6) is 0 Å². The maximum atomic E-state index is 2.79. The molecule has 0 amide bonds. The zero-order valence-electron chi connectivity index (χ0n) is 11.6. The fraction of sp³-hybridized carbons (Fsp3) is 0.647. The molecule has 1 aromatic carbocycles. The quantitative estimate of drug-likeness (QED) is 0.783. The molecule has 0 saturated carbocycles. The second kappa shape index (κ2) is 5.44. The molecule has 0 aromatic heterocycles. The van der Waals surface area contributed by atoms with Gasteiger partial charge in [-0.1, -0.05) is 37.6 Å². The van der Waals surface area contributed by atoms with Crippen LogP contribution in [0.3, 0.4) is 0 Å². The third kappa shape index (κ3) is 2.47. The molecule has 0 N–H and O–H groups in total. The second-order valence-corrected chi connectivity index (χ2v) is 6.12. The van der Waals surface area contributed by atoms with Gasteiger partial charge in [-0.15, -0.1) is 0 Å². The van der Waals surface area contributed by atoms with Crippen molar-refractivity contribution in [2.75, 3.05) is 13.1 Å². The van der Waals surface area contributed by atoms with Crippen LogP contribution < -0.4 is 0 Å². The zero-order valence-corrected chi connectivity index (χ0v) is 11.6. The summed E-state index contributed by atoms with van der Waals surface area (Å²) >= 11 is 0. The Bertz CT molecular complexity index is 398. The van der Waals surface area contributed by atoms with Gasteiger partial charge in [0.15, 0.2) is 0 Å². The van der Waals surface area contributed by atoms with Gasteiger partial charge in [0, 0.05) is 12.6 Å². The number of nitrogens with zero attached hydrogens (tertiary/aromatic N) is 1. The monoisotopic (exact) mass is 243 g/mol. The first-order valence-electron chi connectivity index (χ1n) is 7.67. The molecular formula is C17H25N. The molecule has 0 unspecified atom stereocenters. The molecule has 1 heteroatoms. The largest absolute Gasteiger partial charge is 0.300 e. The normalized spacial score (nSPS) is 27.6. The first-order valence-corrected chi connectivity index (χ1v) is 7.67. The molecule has 3 aliphatic rings. The Morgan fingerprint density at radius 3 is 2.67 bits per heavy atom. The number of benzene rings is 1. The summed E-state index contributed by atoms with van der Waals surface area (Å²) in [5.41, 5.74) is 3.25. The number of fused-ring (bicyclic) bond motifs is 2. The van der Waals surface area contributed by atoms with Gasteiger partial charge in [0.25, 0.3) is 0 Å². The maximum Gasteiger partial charge on any atom is 0.0136 e. The van der Waals surface area contributed by atoms with E-state index in [1.807, 2.05) is 0 Å². The predicted molar refractivity (Wildman–Crippen MR) is 76.8 cm³/mol. The first kappa shape index (κ1) is 12.2. The molecule has 1 aromatic rings. The molecule has 18 heavy (non-hydrogen) atoms. The van der Waals surface area contributed by atoms with Crippen molar-refractivity contribution in [3.05, 3.63) is 35.4 Å². The summed E-state index contributed by atoms with van der Waals surface area (Å²) in [4.78, 5) is 2.79. The smallest absolute Gasteiger partial charge is 0.0136 e. The highest BCUT2D eigenvalue weighted by molar-refractivity contribution is 5.29. The Balaban J connectivity index is 1.81. The summed E-state index contributed by atoms with van der Waals surface area (Å²) in [5.74, 6) is 0.902. The lowest BCUT2D eigenvalue weighted by atomic mass is 9.80. The molecule has 2 atom stereocenters. The standard InChI is InChI=1S/C17H25N/c1-2-3-10-18-13-14-8-9-17(18)12-16-7-5-4-6-15(16)11-14/h4-7,14,17H,2-3,8-13H2,1H3/t14-,17+/m0/s1. The van der Waals surface area contributed by atoms with Crippen molar-refractivity contribution in [1.29, 1.82) is 0 Å². The van der Waals surface area contributed by atoms with Crippen LogP contribution in [0.15, 0.2) is 24.3 Å². The summed E-state index contributed by atoms with van der Waals surface area (Å²) in [7, 11) is 0. The fourth-order valence-electron chi connectivity index (χ4n) is 3.74. The average molecular weight is 243 g/mol. The third-order valence-corrected chi connectivity index (χ3v) is 4.80. The topological polar surface area (TPSA) is 3.24 Å². The number of hydrogen-bond donors (Lipinski definition) is 0. The molecule has 1 fully saturated rings. The van der Waals surface area contributed by atoms with Gasteiger partial charge in [0.05, 0.1) is 0 Å². The van der Waals surface area contributed by atoms with Crippen molar-refractivity contribution < 1.29 is 0 Å². The van der Waals surface area contributed by atoms with E-state index < -0.39 is 0 Å². The summed E-state index contributed by atoms with van der Waals surface area (Å²) in [6, 6.07) is 9.95. The summed E-state index contributed by atoms with van der Waals surface area (Å²) in [6.45, 7) is 4.97. The van der Waals surface area contributed by atoms with E-state index in [0.29, 0.717) is 0 Å². The molecule has 0 radical (unpaired) electrons. The van der Waals surface area contributed by atoms with E-state index in [-0.39, 0.29) is 0 Å². The van der Waals surface area contributed by atoms with Crippen molar-refractivity contribution in [1.82, 2.24) is 4.90 Å². The van der Waals surface area contributed by atoms with Crippen molar-refractivity contribution in [3.63, 3.8) is 0 Å².